The normalized spacial score (nSPS) is 11.5. The van der Waals surface area contributed by atoms with E-state index in [9.17, 15) is 33.6 Å². The monoisotopic (exact) mass is 743 g/mol. The summed E-state index contributed by atoms with van der Waals surface area (Å²) in [6.07, 6.45) is 0.697. The third kappa shape index (κ3) is 46.5. The van der Waals surface area contributed by atoms with Gasteiger partial charge in [-0.25, -0.2) is 0 Å². The second kappa shape index (κ2) is 34.2. The molecule has 0 spiro atoms. The number of aromatic hydroxyl groups is 1. The number of phenolic OH excluding ortho intramolecular Hbond substituents is 1. The van der Waals surface area contributed by atoms with Gasteiger partial charge in [0.25, 0.3) is 0 Å². The first-order chi connectivity index (χ1) is 23.4. The van der Waals surface area contributed by atoms with Crippen LogP contribution in [0.25, 0.3) is 0 Å². The lowest BCUT2D eigenvalue weighted by atomic mass is 10.1. The van der Waals surface area contributed by atoms with E-state index in [-0.39, 0.29) is 31.2 Å². The number of carboxylic acids is 7. The van der Waals surface area contributed by atoms with Crippen molar-refractivity contribution in [1.29, 1.82) is 0 Å². The number of nitrogens with zero attached hydrogens (tertiary/aromatic N) is 1. The van der Waals surface area contributed by atoms with E-state index in [0.717, 1.165) is 5.56 Å². The number of hydrogen-bond donors (Lipinski definition) is 17. The topological polar surface area (TPSA) is 522 Å². The molecule has 0 amide bonds. The first-order valence-electron chi connectivity index (χ1n) is 13.8. The van der Waals surface area contributed by atoms with Gasteiger partial charge >= 0.3 is 41.8 Å². The SMILES string of the molecule is NC(N)=NCCC[C@H](N)C(=O)O.NCC(=O)O.NCC(=O)O.N[C@@H](CC(=O)O)C(=O)O.N[C@@H](CO)C(=O)O.N[C@@H](Cc1ccc(O)cc1)C(=O)O. The third-order valence-corrected chi connectivity index (χ3v) is 4.57. The number of nitrogens with two attached hydrogens (primary N) is 8. The second-order valence-electron chi connectivity index (χ2n) is 9.07. The molecule has 25 heteroatoms. The molecule has 0 fully saturated rings. The van der Waals surface area contributed by atoms with E-state index in [0.29, 0.717) is 19.4 Å². The van der Waals surface area contributed by atoms with Crippen molar-refractivity contribution in [2.45, 2.75) is 49.9 Å². The zero-order chi connectivity index (χ0) is 41.3. The Hall–Kier alpha value is -5.70. The lowest BCUT2D eigenvalue weighted by Gasteiger charge is -2.05. The van der Waals surface area contributed by atoms with Crippen LogP contribution in [0, 0.1) is 0 Å². The van der Waals surface area contributed by atoms with Crippen molar-refractivity contribution < 1.29 is 79.5 Å². The van der Waals surface area contributed by atoms with E-state index in [1.165, 1.54) is 12.1 Å². The second-order valence-corrected chi connectivity index (χ2v) is 9.07. The van der Waals surface area contributed by atoms with Gasteiger partial charge in [0, 0.05) is 6.54 Å². The van der Waals surface area contributed by atoms with Crippen LogP contribution in [0.1, 0.15) is 24.8 Å². The summed E-state index contributed by atoms with van der Waals surface area (Å²) >= 11 is 0. The summed E-state index contributed by atoms with van der Waals surface area (Å²) in [7, 11) is 0. The Morgan fingerprint density at radius 1 is 0.608 bits per heavy atom. The van der Waals surface area contributed by atoms with Gasteiger partial charge in [0.2, 0.25) is 0 Å². The van der Waals surface area contributed by atoms with E-state index in [2.05, 4.69) is 16.5 Å². The molecular formula is C26H49N9O16. The summed E-state index contributed by atoms with van der Waals surface area (Å²) in [4.78, 5) is 72.0. The maximum atomic E-state index is 10.4. The van der Waals surface area contributed by atoms with Crippen molar-refractivity contribution >= 4 is 47.7 Å². The minimum atomic E-state index is -1.29. The Bertz CT molecular complexity index is 1190. The van der Waals surface area contributed by atoms with Gasteiger partial charge in [0.1, 0.15) is 29.9 Å². The van der Waals surface area contributed by atoms with E-state index < -0.39 is 79.0 Å². The van der Waals surface area contributed by atoms with Gasteiger partial charge in [-0.2, -0.15) is 0 Å². The zero-order valence-corrected chi connectivity index (χ0v) is 27.2. The van der Waals surface area contributed by atoms with E-state index >= 15 is 0 Å². The number of carboxylic acid groups (broad SMARTS) is 7. The van der Waals surface area contributed by atoms with Gasteiger partial charge in [0.05, 0.1) is 26.1 Å². The number of phenols is 1. The number of aliphatic carboxylic acids is 7. The van der Waals surface area contributed by atoms with E-state index in [1.807, 2.05) is 0 Å². The quantitative estimate of drug-likeness (QED) is 0.0451. The number of guanidine groups is 1. The minimum absolute atomic E-state index is 0.0129. The van der Waals surface area contributed by atoms with Crippen LogP contribution in [0.5, 0.6) is 5.75 Å². The summed E-state index contributed by atoms with van der Waals surface area (Å²) in [6, 6.07) is 2.19. The van der Waals surface area contributed by atoms with Gasteiger partial charge in [-0.15, -0.1) is 0 Å². The highest BCUT2D eigenvalue weighted by Gasteiger charge is 2.14. The summed E-state index contributed by atoms with van der Waals surface area (Å²) in [5.74, 6) is -7.46. The van der Waals surface area contributed by atoms with Crippen molar-refractivity contribution in [3.05, 3.63) is 29.8 Å². The zero-order valence-electron chi connectivity index (χ0n) is 27.2. The molecule has 25 N–H and O–H groups in total. The van der Waals surface area contributed by atoms with Gasteiger partial charge in [0.15, 0.2) is 5.96 Å². The van der Waals surface area contributed by atoms with Gasteiger partial charge in [-0.05, 0) is 37.0 Å². The number of aliphatic imine (C=N–C) groups is 1. The van der Waals surface area contributed by atoms with Crippen LogP contribution in [0.2, 0.25) is 0 Å². The first-order valence-corrected chi connectivity index (χ1v) is 13.8. The standard InChI is InChI=1S/C9H11NO3.C6H14N4O2.C4H7NO4.C3H7NO3.2C2H5NO2/c10-8(9(12)13)5-6-1-3-7(11)4-2-6;7-4(5(11)12)2-1-3-10-6(8)9;5-2(4(8)9)1-3(6)7;4-2(1-5)3(6)7;2*3-1-2(4)5/h1-4,8,11H,5,10H2,(H,12,13);4H,1-3,7H2,(H,11,12)(H4,8,9,10);2H,1,5H2,(H,6,7)(H,8,9);2,5H,1,4H2,(H,6,7);2*1,3H2,(H,4,5)/t8-;4-;2*2-;;/m0000../s1. The van der Waals surface area contributed by atoms with Crippen LogP contribution < -0.4 is 45.9 Å². The third-order valence-electron chi connectivity index (χ3n) is 4.57. The molecule has 294 valence electrons. The highest BCUT2D eigenvalue weighted by molar-refractivity contribution is 5.80. The number of benzene rings is 1. The molecule has 0 aliphatic carbocycles. The van der Waals surface area contributed by atoms with E-state index in [1.54, 1.807) is 12.1 Å². The number of carbonyl (C=O) groups is 7. The lowest BCUT2D eigenvalue weighted by molar-refractivity contribution is -0.144. The molecular weight excluding hydrogens is 694 g/mol. The Morgan fingerprint density at radius 2 is 0.980 bits per heavy atom. The fourth-order valence-electron chi connectivity index (χ4n) is 1.97. The van der Waals surface area contributed by atoms with Crippen LogP contribution in [-0.2, 0) is 40.0 Å². The van der Waals surface area contributed by atoms with Crippen LogP contribution in [0.3, 0.4) is 0 Å². The maximum Gasteiger partial charge on any atom is 0.322 e. The molecule has 0 heterocycles. The van der Waals surface area contributed by atoms with Gasteiger partial charge in [-0.3, -0.25) is 38.6 Å². The van der Waals surface area contributed by atoms with Crippen LogP contribution in [0.4, 0.5) is 0 Å². The van der Waals surface area contributed by atoms with Crippen molar-refractivity contribution in [2.24, 2.45) is 50.9 Å². The smallest absolute Gasteiger partial charge is 0.322 e. The van der Waals surface area contributed by atoms with Crippen LogP contribution in [-0.4, -0.2) is 144 Å². The van der Waals surface area contributed by atoms with Gasteiger partial charge < -0.3 is 91.8 Å². The molecule has 25 nitrogen and oxygen atoms in total. The molecule has 1 aromatic rings. The molecule has 0 aliphatic heterocycles. The highest BCUT2D eigenvalue weighted by atomic mass is 16.4. The van der Waals surface area contributed by atoms with Crippen molar-refractivity contribution in [2.75, 3.05) is 26.2 Å². The lowest BCUT2D eigenvalue weighted by Crippen LogP contribution is -2.33. The molecule has 0 radical (unpaired) electrons. The molecule has 0 saturated heterocycles. The number of hydrogen-bond acceptors (Lipinski definition) is 16. The fourth-order valence-corrected chi connectivity index (χ4v) is 1.97. The molecule has 0 aliphatic rings. The summed E-state index contributed by atoms with van der Waals surface area (Å²) in [6.45, 7) is -0.640. The predicted molar refractivity (Wildman–Crippen MR) is 177 cm³/mol. The Morgan fingerprint density at radius 3 is 1.22 bits per heavy atom. The maximum absolute atomic E-state index is 10.4. The first kappa shape index (κ1) is 54.7. The fraction of sp³-hybridized carbons (Fsp3) is 0.462. The highest BCUT2D eigenvalue weighted by Crippen LogP contribution is 2.10. The minimum Gasteiger partial charge on any atom is -0.508 e. The van der Waals surface area contributed by atoms with Crippen molar-refractivity contribution in [1.82, 2.24) is 0 Å². The Labute approximate surface area is 290 Å². The molecule has 51 heavy (non-hydrogen) atoms. The molecule has 0 saturated carbocycles. The molecule has 0 bridgehead atoms. The summed E-state index contributed by atoms with van der Waals surface area (Å²) in [5, 5.41) is 73.0. The Kier molecular flexibility index (Phi) is 36.7. The molecule has 0 aromatic heterocycles. The van der Waals surface area contributed by atoms with Crippen LogP contribution >= 0.6 is 0 Å². The predicted octanol–water partition coefficient (Wildman–Crippen LogP) is -5.88. The number of aliphatic hydroxyl groups is 1. The summed E-state index contributed by atoms with van der Waals surface area (Å²) < 4.78 is 0. The average molecular weight is 744 g/mol. The Balaban J connectivity index is -0.000000172. The van der Waals surface area contributed by atoms with Gasteiger partial charge in [-0.1, -0.05) is 12.1 Å². The number of aliphatic hydroxyl groups excluding tert-OH is 1. The molecule has 4 atom stereocenters. The van der Waals surface area contributed by atoms with E-state index in [4.69, 9.17) is 80.4 Å². The number of rotatable bonds is 15. The van der Waals surface area contributed by atoms with Crippen molar-refractivity contribution in [3.8, 4) is 5.75 Å². The van der Waals surface area contributed by atoms with Crippen LogP contribution in [0.15, 0.2) is 29.3 Å². The molecule has 0 unspecified atom stereocenters. The molecule has 1 rings (SSSR count). The largest absolute Gasteiger partial charge is 0.508 e. The summed E-state index contributed by atoms with van der Waals surface area (Å²) in [5.41, 5.74) is 40.2. The average Bonchev–Trinajstić information content (AvgIpc) is 3.04. The molecule has 1 aromatic carbocycles. The van der Waals surface area contributed by atoms with Crippen molar-refractivity contribution in [3.63, 3.8) is 0 Å².